The quantitative estimate of drug-likeness (QED) is 0.387. The van der Waals surface area contributed by atoms with Crippen LogP contribution in [0.5, 0.6) is 0 Å². The Morgan fingerprint density at radius 2 is 1.74 bits per heavy atom. The first-order valence-electron chi connectivity index (χ1n) is 6.36. The topological polar surface area (TPSA) is 127 Å². The second-order valence-corrected chi connectivity index (χ2v) is 4.04. The molecule has 124 valence electrons. The van der Waals surface area contributed by atoms with Gasteiger partial charge in [0.15, 0.2) is 13.2 Å². The maximum atomic E-state index is 11.2. The molecule has 3 amide bonds. The Morgan fingerprint density at radius 3 is 2.26 bits per heavy atom. The van der Waals surface area contributed by atoms with Crippen LogP contribution in [0.1, 0.15) is 11.5 Å². The molecule has 1 heterocycles. The van der Waals surface area contributed by atoms with Crippen LogP contribution >= 0.6 is 0 Å². The molecule has 0 saturated carbocycles. The molecule has 0 aromatic carbocycles. The van der Waals surface area contributed by atoms with E-state index in [0.717, 1.165) is 12.2 Å². The number of carbonyl (C=O) groups is 3. The summed E-state index contributed by atoms with van der Waals surface area (Å²) < 4.78 is 14.8. The highest BCUT2D eigenvalue weighted by Crippen LogP contribution is 2.10. The Kier molecular flexibility index (Phi) is 7.08. The van der Waals surface area contributed by atoms with Gasteiger partial charge in [-0.1, -0.05) is 13.2 Å². The second kappa shape index (κ2) is 9.05. The maximum Gasteiger partial charge on any atom is 0.414 e. The molecular formula is C14H16N2O7. The van der Waals surface area contributed by atoms with E-state index in [1.807, 2.05) is 5.32 Å². The minimum absolute atomic E-state index is 0.184. The van der Waals surface area contributed by atoms with Crippen LogP contribution in [0.4, 0.5) is 9.59 Å². The third kappa shape index (κ3) is 6.96. The smallest absolute Gasteiger partial charge is 0.414 e. The van der Waals surface area contributed by atoms with E-state index in [2.05, 4.69) is 18.5 Å². The molecule has 0 aliphatic heterocycles. The van der Waals surface area contributed by atoms with Gasteiger partial charge in [-0.3, -0.25) is 15.4 Å². The summed E-state index contributed by atoms with van der Waals surface area (Å²) in [5.41, 5.74) is 0. The zero-order chi connectivity index (χ0) is 17.2. The summed E-state index contributed by atoms with van der Waals surface area (Å²) in [5.74, 6) is -0.0954. The zero-order valence-electron chi connectivity index (χ0n) is 12.1. The largest absolute Gasteiger partial charge is 0.459 e. The minimum atomic E-state index is -1.21. The van der Waals surface area contributed by atoms with Gasteiger partial charge < -0.3 is 19.0 Å². The molecule has 0 fully saturated rings. The van der Waals surface area contributed by atoms with Gasteiger partial charge in [-0.2, -0.15) is 0 Å². The molecule has 1 unspecified atom stereocenters. The van der Waals surface area contributed by atoms with Crippen molar-refractivity contribution < 1.29 is 33.4 Å². The van der Waals surface area contributed by atoms with Crippen LogP contribution in [0.2, 0.25) is 0 Å². The average Bonchev–Trinajstić information content (AvgIpc) is 2.98. The molecule has 3 N–H and O–H groups in total. The number of nitrogens with one attached hydrogen (secondary N) is 2. The summed E-state index contributed by atoms with van der Waals surface area (Å²) in [7, 11) is 0. The summed E-state index contributed by atoms with van der Waals surface area (Å²) in [4.78, 5) is 33.3. The van der Waals surface area contributed by atoms with Crippen LogP contribution in [0.3, 0.4) is 0 Å². The SMILES string of the molecule is C=CC(=O)NC(=O)OCc1ccc(COC(=O)NC(O)C=C)o1. The van der Waals surface area contributed by atoms with E-state index in [4.69, 9.17) is 19.0 Å². The number of aliphatic hydroxyl groups is 1. The fourth-order valence-electron chi connectivity index (χ4n) is 1.26. The molecule has 0 aliphatic carbocycles. The van der Waals surface area contributed by atoms with E-state index in [1.165, 1.54) is 12.1 Å². The van der Waals surface area contributed by atoms with Gasteiger partial charge in [-0.25, -0.2) is 9.59 Å². The molecule has 0 aliphatic rings. The predicted octanol–water partition coefficient (Wildman–Crippen LogP) is 0.949. The van der Waals surface area contributed by atoms with Gasteiger partial charge in [-0.05, 0) is 24.3 Å². The molecule has 1 aromatic rings. The first kappa shape index (κ1) is 18.0. The fourth-order valence-corrected chi connectivity index (χ4v) is 1.26. The van der Waals surface area contributed by atoms with Crippen LogP contribution in [0, 0.1) is 0 Å². The van der Waals surface area contributed by atoms with Gasteiger partial charge in [0, 0.05) is 0 Å². The van der Waals surface area contributed by atoms with Gasteiger partial charge in [0.25, 0.3) is 5.91 Å². The predicted molar refractivity (Wildman–Crippen MR) is 76.8 cm³/mol. The molecule has 23 heavy (non-hydrogen) atoms. The molecule has 0 radical (unpaired) electrons. The monoisotopic (exact) mass is 324 g/mol. The van der Waals surface area contributed by atoms with Crippen molar-refractivity contribution in [2.24, 2.45) is 0 Å². The Balaban J connectivity index is 2.35. The number of imide groups is 1. The number of alkyl carbamates (subject to hydrolysis) is 2. The van der Waals surface area contributed by atoms with Crippen molar-refractivity contribution in [1.82, 2.24) is 10.6 Å². The first-order chi connectivity index (χ1) is 10.9. The Morgan fingerprint density at radius 1 is 1.17 bits per heavy atom. The normalized spacial score (nSPS) is 11.0. The van der Waals surface area contributed by atoms with Crippen molar-refractivity contribution in [2.45, 2.75) is 19.4 Å². The lowest BCUT2D eigenvalue weighted by Crippen LogP contribution is -2.33. The van der Waals surface area contributed by atoms with Crippen molar-refractivity contribution in [1.29, 1.82) is 0 Å². The van der Waals surface area contributed by atoms with Gasteiger partial charge >= 0.3 is 12.2 Å². The van der Waals surface area contributed by atoms with Gasteiger partial charge in [0.05, 0.1) is 0 Å². The number of amides is 3. The third-order valence-corrected chi connectivity index (χ3v) is 2.31. The summed E-state index contributed by atoms with van der Waals surface area (Å²) in [6.07, 6.45) is -0.959. The Hall–Kier alpha value is -3.07. The van der Waals surface area contributed by atoms with Gasteiger partial charge in [0.1, 0.15) is 17.7 Å². The highest BCUT2D eigenvalue weighted by atomic mass is 16.6. The van der Waals surface area contributed by atoms with E-state index in [1.54, 1.807) is 0 Å². The van der Waals surface area contributed by atoms with E-state index in [-0.39, 0.29) is 19.0 Å². The van der Waals surface area contributed by atoms with E-state index in [0.29, 0.717) is 5.76 Å². The summed E-state index contributed by atoms with van der Waals surface area (Å²) >= 11 is 0. The van der Waals surface area contributed by atoms with Crippen LogP contribution in [0.15, 0.2) is 41.9 Å². The molecule has 9 nitrogen and oxygen atoms in total. The Labute approximate surface area is 131 Å². The van der Waals surface area contributed by atoms with Crippen molar-refractivity contribution in [2.75, 3.05) is 0 Å². The lowest BCUT2D eigenvalue weighted by atomic mass is 10.4. The lowest BCUT2D eigenvalue weighted by molar-refractivity contribution is -0.115. The summed E-state index contributed by atoms with van der Waals surface area (Å²) in [6.45, 7) is 6.07. The molecule has 1 aromatic heterocycles. The molecular weight excluding hydrogens is 308 g/mol. The highest BCUT2D eigenvalue weighted by molar-refractivity contribution is 5.98. The third-order valence-electron chi connectivity index (χ3n) is 2.31. The standard InChI is InChI=1S/C14H16N2O7/c1-3-11(17)15-13(19)21-7-9-5-6-10(23-9)8-22-14(20)16-12(18)4-2/h3-6,11,17H,1-2,7-8H2,(H,15,19)(H,16,18,20). The highest BCUT2D eigenvalue weighted by Gasteiger charge is 2.10. The molecule has 1 atom stereocenters. The lowest BCUT2D eigenvalue weighted by Gasteiger charge is -2.08. The van der Waals surface area contributed by atoms with Crippen LogP contribution < -0.4 is 10.6 Å². The number of hydrogen-bond donors (Lipinski definition) is 3. The number of aliphatic hydroxyl groups excluding tert-OH is 1. The number of carbonyl (C=O) groups excluding carboxylic acids is 3. The van der Waals surface area contributed by atoms with Gasteiger partial charge in [0.2, 0.25) is 0 Å². The molecule has 9 heteroatoms. The second-order valence-electron chi connectivity index (χ2n) is 4.04. The summed E-state index contributed by atoms with van der Waals surface area (Å²) in [5, 5.41) is 13.1. The van der Waals surface area contributed by atoms with Crippen molar-refractivity contribution in [3.63, 3.8) is 0 Å². The van der Waals surface area contributed by atoms with Crippen molar-refractivity contribution in [3.8, 4) is 0 Å². The molecule has 1 rings (SSSR count). The van der Waals surface area contributed by atoms with Gasteiger partial charge in [-0.15, -0.1) is 0 Å². The average molecular weight is 324 g/mol. The van der Waals surface area contributed by atoms with Crippen molar-refractivity contribution >= 4 is 18.1 Å². The minimum Gasteiger partial charge on any atom is -0.459 e. The van der Waals surface area contributed by atoms with Crippen LogP contribution in [-0.2, 0) is 27.5 Å². The van der Waals surface area contributed by atoms with Crippen LogP contribution in [0.25, 0.3) is 0 Å². The summed E-state index contributed by atoms with van der Waals surface area (Å²) in [6, 6.07) is 3.03. The number of rotatable bonds is 7. The van der Waals surface area contributed by atoms with E-state index >= 15 is 0 Å². The maximum absolute atomic E-state index is 11.2. The number of hydrogen-bond acceptors (Lipinski definition) is 7. The molecule has 0 spiro atoms. The molecule has 0 saturated heterocycles. The molecule has 0 bridgehead atoms. The Bertz CT molecular complexity index is 594. The van der Waals surface area contributed by atoms with E-state index in [9.17, 15) is 14.4 Å². The van der Waals surface area contributed by atoms with Crippen molar-refractivity contribution in [3.05, 3.63) is 49.0 Å². The van der Waals surface area contributed by atoms with E-state index < -0.39 is 24.3 Å². The van der Waals surface area contributed by atoms with Crippen LogP contribution in [-0.4, -0.2) is 29.4 Å². The first-order valence-corrected chi connectivity index (χ1v) is 6.36. The number of ether oxygens (including phenoxy) is 2. The fraction of sp³-hybridized carbons (Fsp3) is 0.214. The zero-order valence-corrected chi connectivity index (χ0v) is 12.1. The number of furan rings is 1.